The maximum absolute atomic E-state index is 12.3. The molecular formula is C17H22N4O3. The van der Waals surface area contributed by atoms with Crippen molar-refractivity contribution < 1.29 is 14.2 Å². The summed E-state index contributed by atoms with van der Waals surface area (Å²) >= 11 is 0. The number of aromatic nitrogens is 2. The molecule has 2 heterocycles. The highest BCUT2D eigenvalue weighted by molar-refractivity contribution is 5.73. The van der Waals surface area contributed by atoms with E-state index in [1.165, 1.54) is 0 Å². The zero-order valence-corrected chi connectivity index (χ0v) is 13.9. The van der Waals surface area contributed by atoms with Gasteiger partial charge in [-0.15, -0.1) is 0 Å². The third-order valence-corrected chi connectivity index (χ3v) is 4.19. The van der Waals surface area contributed by atoms with Crippen LogP contribution in [-0.4, -0.2) is 34.2 Å². The van der Waals surface area contributed by atoms with E-state index in [0.29, 0.717) is 24.8 Å². The summed E-state index contributed by atoms with van der Waals surface area (Å²) in [4.78, 5) is 23.8. The molecule has 1 fully saturated rings. The maximum atomic E-state index is 12.3. The fourth-order valence-electron chi connectivity index (χ4n) is 2.84. The number of nitrogens with one attached hydrogen (secondary N) is 1. The van der Waals surface area contributed by atoms with Crippen LogP contribution in [0.1, 0.15) is 49.1 Å². The van der Waals surface area contributed by atoms with Crippen LogP contribution in [0, 0.1) is 6.92 Å². The zero-order chi connectivity index (χ0) is 16.9. The average Bonchev–Trinajstić information content (AvgIpc) is 3.06. The molecule has 1 aliphatic heterocycles. The number of carbonyl (C=O) groups excluding carboxylic acids is 1. The monoisotopic (exact) mass is 330 g/mol. The van der Waals surface area contributed by atoms with E-state index in [-0.39, 0.29) is 18.1 Å². The van der Waals surface area contributed by atoms with Gasteiger partial charge in [0.05, 0.1) is 5.92 Å². The van der Waals surface area contributed by atoms with Crippen molar-refractivity contribution >= 4 is 6.03 Å². The van der Waals surface area contributed by atoms with E-state index >= 15 is 0 Å². The molecule has 2 aromatic rings. The van der Waals surface area contributed by atoms with E-state index in [1.807, 2.05) is 37.3 Å². The Morgan fingerprint density at radius 1 is 1.42 bits per heavy atom. The molecule has 7 nitrogen and oxygen atoms in total. The first-order valence-electron chi connectivity index (χ1n) is 8.19. The van der Waals surface area contributed by atoms with Crippen molar-refractivity contribution in [2.24, 2.45) is 0 Å². The topological polar surface area (TPSA) is 80.5 Å². The minimum absolute atomic E-state index is 0.0808. The molecule has 0 spiro atoms. The Hall–Kier alpha value is -2.41. The Morgan fingerprint density at radius 3 is 2.92 bits per heavy atom. The first kappa shape index (κ1) is 16.4. The van der Waals surface area contributed by atoms with Gasteiger partial charge in [0.15, 0.2) is 5.82 Å². The molecule has 2 amide bonds. The van der Waals surface area contributed by atoms with Crippen LogP contribution in [0.2, 0.25) is 0 Å². The van der Waals surface area contributed by atoms with Crippen molar-refractivity contribution in [2.75, 3.05) is 13.1 Å². The molecule has 1 aromatic heterocycles. The summed E-state index contributed by atoms with van der Waals surface area (Å²) in [6.07, 6.45) is 1.62. The number of benzene rings is 1. The van der Waals surface area contributed by atoms with E-state index in [4.69, 9.17) is 9.36 Å². The van der Waals surface area contributed by atoms with Crippen LogP contribution in [0.15, 0.2) is 34.9 Å². The molecular weight excluding hydrogens is 308 g/mol. The Balaban J connectivity index is 1.53. The second-order valence-corrected chi connectivity index (χ2v) is 6.04. The number of rotatable bonds is 4. The van der Waals surface area contributed by atoms with E-state index in [2.05, 4.69) is 15.6 Å². The quantitative estimate of drug-likeness (QED) is 0.872. The van der Waals surface area contributed by atoms with Gasteiger partial charge in [-0.1, -0.05) is 35.5 Å². The van der Waals surface area contributed by atoms with Gasteiger partial charge in [0.25, 0.3) is 0 Å². The van der Waals surface area contributed by atoms with Crippen molar-refractivity contribution in [1.82, 2.24) is 20.5 Å². The largest absolute Gasteiger partial charge is 0.341 e. The van der Waals surface area contributed by atoms with Crippen LogP contribution in [0.5, 0.6) is 0 Å². The third-order valence-electron chi connectivity index (χ3n) is 4.19. The summed E-state index contributed by atoms with van der Waals surface area (Å²) in [6.45, 7) is 4.93. The first-order valence-corrected chi connectivity index (χ1v) is 8.19. The zero-order valence-electron chi connectivity index (χ0n) is 13.9. The number of likely N-dealkylation sites (tertiary alicyclic amines) is 1. The number of aryl methyl sites for hydroxylation is 1. The van der Waals surface area contributed by atoms with E-state index < -0.39 is 0 Å². The summed E-state index contributed by atoms with van der Waals surface area (Å²) in [5.41, 5.74) is 3.56. The molecule has 0 saturated carbocycles. The molecule has 0 bridgehead atoms. The van der Waals surface area contributed by atoms with Gasteiger partial charge in [0.2, 0.25) is 5.89 Å². The minimum Gasteiger partial charge on any atom is -0.339 e. The van der Waals surface area contributed by atoms with E-state index in [1.54, 1.807) is 11.8 Å². The van der Waals surface area contributed by atoms with E-state index in [0.717, 1.165) is 18.4 Å². The number of urea groups is 1. The van der Waals surface area contributed by atoms with Gasteiger partial charge in [-0.25, -0.2) is 10.3 Å². The highest BCUT2D eigenvalue weighted by Crippen LogP contribution is 2.25. The maximum Gasteiger partial charge on any atom is 0.341 e. The van der Waals surface area contributed by atoms with Gasteiger partial charge in [0.1, 0.15) is 6.10 Å². The molecule has 2 atom stereocenters. The summed E-state index contributed by atoms with van der Waals surface area (Å²) in [6, 6.07) is 9.52. The Labute approximate surface area is 140 Å². The number of hydrogen-bond acceptors (Lipinski definition) is 5. The molecule has 7 heteroatoms. The van der Waals surface area contributed by atoms with Gasteiger partial charge >= 0.3 is 6.03 Å². The molecule has 0 aliphatic carbocycles. The van der Waals surface area contributed by atoms with Crippen LogP contribution in [-0.2, 0) is 4.84 Å². The van der Waals surface area contributed by atoms with Crippen LogP contribution in [0.25, 0.3) is 0 Å². The first-order chi connectivity index (χ1) is 11.6. The van der Waals surface area contributed by atoms with Gasteiger partial charge in [-0.3, -0.25) is 4.84 Å². The fourth-order valence-corrected chi connectivity index (χ4v) is 2.84. The van der Waals surface area contributed by atoms with Crippen molar-refractivity contribution in [3.63, 3.8) is 0 Å². The predicted octanol–water partition coefficient (Wildman–Crippen LogP) is 2.96. The number of hydroxylamine groups is 1. The standard InChI is InChI=1S/C17H22N4O3/c1-12(14-7-4-3-5-8-14)23-20-17(22)21-10-6-9-15(11-21)16-18-13(2)19-24-16/h3-5,7-8,12,15H,6,9-11H2,1-2H3,(H,20,22). The number of carbonyl (C=O) groups is 1. The van der Waals surface area contributed by atoms with Gasteiger partial charge in [-0.05, 0) is 32.3 Å². The number of piperidine rings is 1. The molecule has 1 saturated heterocycles. The molecule has 128 valence electrons. The summed E-state index contributed by atoms with van der Waals surface area (Å²) in [7, 11) is 0. The normalized spacial score (nSPS) is 19.1. The summed E-state index contributed by atoms with van der Waals surface area (Å²) in [5.74, 6) is 1.30. The smallest absolute Gasteiger partial charge is 0.339 e. The van der Waals surface area contributed by atoms with Gasteiger partial charge in [0, 0.05) is 13.1 Å². The lowest BCUT2D eigenvalue weighted by Crippen LogP contribution is -2.45. The second-order valence-electron chi connectivity index (χ2n) is 6.04. The van der Waals surface area contributed by atoms with Crippen LogP contribution in [0.4, 0.5) is 4.79 Å². The van der Waals surface area contributed by atoms with Crippen molar-refractivity contribution in [2.45, 2.75) is 38.7 Å². The molecule has 1 aliphatic rings. The van der Waals surface area contributed by atoms with Crippen molar-refractivity contribution in [1.29, 1.82) is 0 Å². The van der Waals surface area contributed by atoms with Crippen molar-refractivity contribution in [3.8, 4) is 0 Å². The van der Waals surface area contributed by atoms with E-state index in [9.17, 15) is 4.79 Å². The van der Waals surface area contributed by atoms with Crippen LogP contribution >= 0.6 is 0 Å². The lowest BCUT2D eigenvalue weighted by Gasteiger charge is -2.31. The van der Waals surface area contributed by atoms with Crippen LogP contribution in [0.3, 0.4) is 0 Å². The molecule has 24 heavy (non-hydrogen) atoms. The Bertz CT molecular complexity index is 673. The number of nitrogens with zero attached hydrogens (tertiary/aromatic N) is 3. The highest BCUT2D eigenvalue weighted by atomic mass is 16.7. The molecule has 2 unspecified atom stereocenters. The van der Waals surface area contributed by atoms with Gasteiger partial charge < -0.3 is 9.42 Å². The lowest BCUT2D eigenvalue weighted by atomic mass is 9.98. The Morgan fingerprint density at radius 2 is 2.21 bits per heavy atom. The fraction of sp³-hybridized carbons (Fsp3) is 0.471. The summed E-state index contributed by atoms with van der Waals surface area (Å²) in [5, 5.41) is 3.82. The predicted molar refractivity (Wildman–Crippen MR) is 87.1 cm³/mol. The highest BCUT2D eigenvalue weighted by Gasteiger charge is 2.28. The number of amides is 2. The second kappa shape index (κ2) is 7.44. The van der Waals surface area contributed by atoms with Crippen molar-refractivity contribution in [3.05, 3.63) is 47.6 Å². The lowest BCUT2D eigenvalue weighted by molar-refractivity contribution is -0.00582. The third kappa shape index (κ3) is 3.91. The number of hydrogen-bond donors (Lipinski definition) is 1. The van der Waals surface area contributed by atoms with Gasteiger partial charge in [-0.2, -0.15) is 4.98 Å². The molecule has 1 N–H and O–H groups in total. The average molecular weight is 330 g/mol. The molecule has 3 rings (SSSR count). The molecule has 0 radical (unpaired) electrons. The summed E-state index contributed by atoms with van der Waals surface area (Å²) < 4.78 is 5.24. The minimum atomic E-state index is -0.237. The SMILES string of the molecule is Cc1noc(C2CCCN(C(=O)NOC(C)c3ccccc3)C2)n1. The Kier molecular flexibility index (Phi) is 5.10. The van der Waals surface area contributed by atoms with Crippen LogP contribution < -0.4 is 5.48 Å². The molecule has 1 aromatic carbocycles.